The highest BCUT2D eigenvalue weighted by molar-refractivity contribution is 5.76. The van der Waals surface area contributed by atoms with Gasteiger partial charge in [0.1, 0.15) is 0 Å². The Balaban J connectivity index is 1.24. The molecule has 3 atom stereocenters. The molecule has 4 rings (SSSR count). The Hall–Kier alpha value is -1.39. The van der Waals surface area contributed by atoms with E-state index in [9.17, 15) is 4.79 Å². The van der Waals surface area contributed by atoms with E-state index >= 15 is 0 Å². The molecule has 4 nitrogen and oxygen atoms in total. The van der Waals surface area contributed by atoms with Crippen LogP contribution >= 0.6 is 0 Å². The van der Waals surface area contributed by atoms with E-state index in [1.54, 1.807) is 0 Å². The lowest BCUT2D eigenvalue weighted by molar-refractivity contribution is -0.122. The van der Waals surface area contributed by atoms with E-state index in [-0.39, 0.29) is 5.91 Å². The van der Waals surface area contributed by atoms with Crippen molar-refractivity contribution in [3.8, 4) is 0 Å². The van der Waals surface area contributed by atoms with Crippen molar-refractivity contribution in [2.24, 2.45) is 5.92 Å². The lowest BCUT2D eigenvalue weighted by Crippen LogP contribution is -2.46. The van der Waals surface area contributed by atoms with Crippen molar-refractivity contribution in [2.75, 3.05) is 13.1 Å². The van der Waals surface area contributed by atoms with Crippen LogP contribution in [0.5, 0.6) is 0 Å². The first-order valence-electron chi connectivity index (χ1n) is 10.6. The van der Waals surface area contributed by atoms with Gasteiger partial charge in [-0.3, -0.25) is 9.69 Å². The Kier molecular flexibility index (Phi) is 5.91. The van der Waals surface area contributed by atoms with Crippen LogP contribution in [0.15, 0.2) is 30.3 Å². The Bertz CT molecular complexity index is 578. The van der Waals surface area contributed by atoms with E-state index in [4.69, 9.17) is 0 Å². The van der Waals surface area contributed by atoms with Crippen LogP contribution in [0.3, 0.4) is 0 Å². The molecule has 2 bridgehead atoms. The molecule has 2 N–H and O–H groups in total. The van der Waals surface area contributed by atoms with Gasteiger partial charge in [-0.2, -0.15) is 0 Å². The van der Waals surface area contributed by atoms with Crippen molar-refractivity contribution in [3.63, 3.8) is 0 Å². The summed E-state index contributed by atoms with van der Waals surface area (Å²) < 4.78 is 0. The zero-order chi connectivity index (χ0) is 17.8. The molecule has 1 amide bonds. The minimum atomic E-state index is 0.265. The molecule has 3 fully saturated rings. The van der Waals surface area contributed by atoms with Crippen molar-refractivity contribution in [2.45, 2.75) is 76.0 Å². The maximum Gasteiger partial charge on any atom is 0.220 e. The number of benzene rings is 1. The summed E-state index contributed by atoms with van der Waals surface area (Å²) in [6.45, 7) is 2.95. The van der Waals surface area contributed by atoms with Crippen LogP contribution in [0.25, 0.3) is 0 Å². The third kappa shape index (κ3) is 4.66. The molecule has 3 unspecified atom stereocenters. The molecule has 1 aromatic rings. The molecule has 3 aliphatic heterocycles. The standard InChI is InChI=1S/C22H33N3O/c26-22(14-18-12-19-9-10-20(13-18)24-19)23-15-21-8-4-5-11-25(21)16-17-6-2-1-3-7-17/h1-3,6-7,18-21,24H,4-5,8-16H2,(H,23,26). The Morgan fingerprint density at radius 1 is 1.08 bits per heavy atom. The number of amides is 1. The van der Waals surface area contributed by atoms with Gasteiger partial charge >= 0.3 is 0 Å². The van der Waals surface area contributed by atoms with Crippen LogP contribution < -0.4 is 10.6 Å². The fraction of sp³-hybridized carbons (Fsp3) is 0.682. The Morgan fingerprint density at radius 3 is 2.62 bits per heavy atom. The van der Waals surface area contributed by atoms with E-state index < -0.39 is 0 Å². The molecule has 0 aromatic heterocycles. The van der Waals surface area contributed by atoms with Gasteiger partial charge in [0, 0.05) is 37.6 Å². The minimum Gasteiger partial charge on any atom is -0.355 e. The maximum absolute atomic E-state index is 12.5. The number of likely N-dealkylation sites (tertiary alicyclic amines) is 1. The van der Waals surface area contributed by atoms with Crippen molar-refractivity contribution in [1.29, 1.82) is 0 Å². The number of rotatable bonds is 6. The number of carbonyl (C=O) groups excluding carboxylic acids is 1. The van der Waals surface area contributed by atoms with Crippen LogP contribution in [0.2, 0.25) is 0 Å². The minimum absolute atomic E-state index is 0.265. The van der Waals surface area contributed by atoms with Gasteiger partial charge in [0.2, 0.25) is 5.91 Å². The number of hydrogen-bond acceptors (Lipinski definition) is 3. The van der Waals surface area contributed by atoms with Crippen molar-refractivity contribution in [3.05, 3.63) is 35.9 Å². The molecule has 3 aliphatic rings. The smallest absolute Gasteiger partial charge is 0.220 e. The lowest BCUT2D eigenvalue weighted by atomic mass is 9.89. The molecule has 142 valence electrons. The number of fused-ring (bicyclic) bond motifs is 2. The summed E-state index contributed by atoms with van der Waals surface area (Å²) in [7, 11) is 0. The second-order valence-corrected chi connectivity index (χ2v) is 8.59. The third-order valence-electron chi connectivity index (χ3n) is 6.56. The Morgan fingerprint density at radius 2 is 1.85 bits per heavy atom. The van der Waals surface area contributed by atoms with Crippen LogP contribution in [-0.2, 0) is 11.3 Å². The molecule has 3 heterocycles. The zero-order valence-electron chi connectivity index (χ0n) is 15.8. The number of piperidine rings is 2. The summed E-state index contributed by atoms with van der Waals surface area (Å²) in [6, 6.07) is 12.5. The van der Waals surface area contributed by atoms with Crippen LogP contribution in [-0.4, -0.2) is 42.0 Å². The summed E-state index contributed by atoms with van der Waals surface area (Å²) in [6.07, 6.45) is 9.46. The molecule has 0 spiro atoms. The first-order chi connectivity index (χ1) is 12.8. The number of carbonyl (C=O) groups is 1. The van der Waals surface area contributed by atoms with E-state index in [1.807, 2.05) is 0 Å². The second kappa shape index (κ2) is 8.53. The molecule has 4 heteroatoms. The topological polar surface area (TPSA) is 44.4 Å². The molecular weight excluding hydrogens is 322 g/mol. The van der Waals surface area contributed by atoms with E-state index in [1.165, 1.54) is 50.5 Å². The fourth-order valence-electron chi connectivity index (χ4n) is 5.23. The Labute approximate surface area is 157 Å². The van der Waals surface area contributed by atoms with Gasteiger partial charge in [-0.15, -0.1) is 0 Å². The molecule has 0 saturated carbocycles. The average Bonchev–Trinajstić information content (AvgIpc) is 3.00. The fourth-order valence-corrected chi connectivity index (χ4v) is 5.23. The summed E-state index contributed by atoms with van der Waals surface area (Å²) in [5.74, 6) is 0.849. The van der Waals surface area contributed by atoms with Crippen molar-refractivity contribution < 1.29 is 4.79 Å². The van der Waals surface area contributed by atoms with Gasteiger partial charge in [-0.25, -0.2) is 0 Å². The van der Waals surface area contributed by atoms with Gasteiger partial charge in [0.15, 0.2) is 0 Å². The molecule has 3 saturated heterocycles. The van der Waals surface area contributed by atoms with E-state index in [2.05, 4.69) is 45.9 Å². The largest absolute Gasteiger partial charge is 0.355 e. The summed E-state index contributed by atoms with van der Waals surface area (Å²) in [5.41, 5.74) is 1.37. The number of nitrogens with zero attached hydrogens (tertiary/aromatic N) is 1. The number of hydrogen-bond donors (Lipinski definition) is 2. The van der Waals surface area contributed by atoms with Gasteiger partial charge in [0.25, 0.3) is 0 Å². The first kappa shape index (κ1) is 18.0. The first-order valence-corrected chi connectivity index (χ1v) is 10.6. The summed E-state index contributed by atoms with van der Waals surface area (Å²) in [5, 5.41) is 6.93. The van der Waals surface area contributed by atoms with Gasteiger partial charge < -0.3 is 10.6 Å². The molecule has 1 aromatic carbocycles. The molecule has 0 radical (unpaired) electrons. The monoisotopic (exact) mass is 355 g/mol. The highest BCUT2D eigenvalue weighted by Gasteiger charge is 2.34. The van der Waals surface area contributed by atoms with E-state index in [0.29, 0.717) is 24.0 Å². The summed E-state index contributed by atoms with van der Waals surface area (Å²) in [4.78, 5) is 15.1. The molecular formula is C22H33N3O. The van der Waals surface area contributed by atoms with E-state index in [0.717, 1.165) is 26.1 Å². The van der Waals surface area contributed by atoms with Crippen LogP contribution in [0.4, 0.5) is 0 Å². The zero-order valence-corrected chi connectivity index (χ0v) is 15.8. The highest BCUT2D eigenvalue weighted by Crippen LogP contribution is 2.32. The normalized spacial score (nSPS) is 31.7. The third-order valence-corrected chi connectivity index (χ3v) is 6.56. The van der Waals surface area contributed by atoms with Crippen molar-refractivity contribution in [1.82, 2.24) is 15.5 Å². The predicted molar refractivity (Wildman–Crippen MR) is 105 cm³/mol. The SMILES string of the molecule is O=C(CC1CC2CCC(C1)N2)NCC1CCCCN1Cc1ccccc1. The highest BCUT2D eigenvalue weighted by atomic mass is 16.1. The predicted octanol–water partition coefficient (Wildman–Crippen LogP) is 3.08. The molecule has 26 heavy (non-hydrogen) atoms. The lowest BCUT2D eigenvalue weighted by Gasteiger charge is -2.36. The van der Waals surface area contributed by atoms with Gasteiger partial charge in [0.05, 0.1) is 0 Å². The van der Waals surface area contributed by atoms with Gasteiger partial charge in [-0.1, -0.05) is 36.8 Å². The number of nitrogens with one attached hydrogen (secondary N) is 2. The van der Waals surface area contributed by atoms with Crippen molar-refractivity contribution >= 4 is 5.91 Å². The molecule has 0 aliphatic carbocycles. The van der Waals surface area contributed by atoms with Gasteiger partial charge in [-0.05, 0) is 56.6 Å². The maximum atomic E-state index is 12.5. The van der Waals surface area contributed by atoms with Crippen LogP contribution in [0, 0.1) is 5.92 Å². The second-order valence-electron chi connectivity index (χ2n) is 8.59. The quantitative estimate of drug-likeness (QED) is 0.824. The summed E-state index contributed by atoms with van der Waals surface area (Å²) >= 11 is 0. The van der Waals surface area contributed by atoms with Crippen LogP contribution in [0.1, 0.15) is 56.9 Å². The average molecular weight is 356 g/mol.